The molecular weight excluding hydrogens is 236 g/mol. The monoisotopic (exact) mass is 250 g/mol. The minimum absolute atomic E-state index is 0.0874. The van der Waals surface area contributed by atoms with Gasteiger partial charge in [-0.05, 0) is 12.1 Å². The highest BCUT2D eigenvalue weighted by Crippen LogP contribution is 2.36. The van der Waals surface area contributed by atoms with Crippen molar-refractivity contribution in [2.75, 3.05) is 31.5 Å². The van der Waals surface area contributed by atoms with E-state index in [9.17, 15) is 4.79 Å². The first-order valence-corrected chi connectivity index (χ1v) is 5.79. The molecule has 0 radical (unpaired) electrons. The molecule has 0 spiro atoms. The van der Waals surface area contributed by atoms with Crippen LogP contribution in [0.1, 0.15) is 0 Å². The summed E-state index contributed by atoms with van der Waals surface area (Å²) < 4.78 is 15.8. The Morgan fingerprint density at radius 2 is 2.17 bits per heavy atom. The summed E-state index contributed by atoms with van der Waals surface area (Å²) in [4.78, 5) is 13.6. The zero-order chi connectivity index (χ0) is 12.5. The Kier molecular flexibility index (Phi) is 2.81. The summed E-state index contributed by atoms with van der Waals surface area (Å²) >= 11 is 0. The molecule has 2 heterocycles. The first-order chi connectivity index (χ1) is 8.79. The summed E-state index contributed by atoms with van der Waals surface area (Å²) in [6.45, 7) is 1.12. The smallest absolute Gasteiger partial charge is 0.253 e. The number of morpholine rings is 1. The second-order valence-electron chi connectivity index (χ2n) is 4.21. The van der Waals surface area contributed by atoms with Gasteiger partial charge in [0.1, 0.15) is 6.61 Å². The first-order valence-electron chi connectivity index (χ1n) is 5.79. The fourth-order valence-corrected chi connectivity index (χ4v) is 2.19. The molecule has 2 aliphatic rings. The lowest BCUT2D eigenvalue weighted by atomic mass is 10.1. The lowest BCUT2D eigenvalue weighted by Gasteiger charge is -2.34. The van der Waals surface area contributed by atoms with Gasteiger partial charge >= 0.3 is 0 Å². The van der Waals surface area contributed by atoms with Gasteiger partial charge in [0.15, 0.2) is 11.5 Å². The van der Waals surface area contributed by atoms with Crippen LogP contribution in [0.3, 0.4) is 0 Å². The lowest BCUT2D eigenvalue weighted by molar-refractivity contribution is -0.127. The summed E-state index contributed by atoms with van der Waals surface area (Å²) in [7, 11) is 0. The molecule has 96 valence electrons. The molecule has 0 bridgehead atoms. The first kappa shape index (κ1) is 11.3. The predicted molar refractivity (Wildman–Crippen MR) is 63.7 cm³/mol. The molecule has 1 saturated heterocycles. The largest absolute Gasteiger partial charge is 0.454 e. The fraction of sp³-hybridized carbons (Fsp3) is 0.417. The van der Waals surface area contributed by atoms with Crippen molar-refractivity contribution < 1.29 is 19.0 Å². The van der Waals surface area contributed by atoms with Crippen LogP contribution in [-0.2, 0) is 9.53 Å². The number of benzene rings is 1. The zero-order valence-electron chi connectivity index (χ0n) is 9.80. The Hall–Kier alpha value is -1.79. The van der Waals surface area contributed by atoms with Gasteiger partial charge in [-0.2, -0.15) is 0 Å². The van der Waals surface area contributed by atoms with Gasteiger partial charge in [-0.15, -0.1) is 0 Å². The van der Waals surface area contributed by atoms with Gasteiger partial charge < -0.3 is 24.8 Å². The van der Waals surface area contributed by atoms with E-state index in [0.717, 1.165) is 5.69 Å². The third kappa shape index (κ3) is 1.79. The molecule has 2 N–H and O–H groups in total. The van der Waals surface area contributed by atoms with Crippen molar-refractivity contribution in [3.63, 3.8) is 0 Å². The Labute approximate surface area is 104 Å². The predicted octanol–water partition coefficient (Wildman–Crippen LogP) is 0.106. The van der Waals surface area contributed by atoms with Crippen LogP contribution in [0.25, 0.3) is 0 Å². The van der Waals surface area contributed by atoms with Gasteiger partial charge in [0.05, 0.1) is 12.6 Å². The summed E-state index contributed by atoms with van der Waals surface area (Å²) in [5.74, 6) is 1.27. The van der Waals surface area contributed by atoms with E-state index in [2.05, 4.69) is 0 Å². The fourth-order valence-electron chi connectivity index (χ4n) is 2.19. The highest BCUT2D eigenvalue weighted by atomic mass is 16.7. The maximum atomic E-state index is 11.9. The molecule has 0 aromatic heterocycles. The van der Waals surface area contributed by atoms with Crippen molar-refractivity contribution in [3.05, 3.63) is 18.2 Å². The summed E-state index contributed by atoms with van der Waals surface area (Å²) in [5.41, 5.74) is 6.44. The maximum Gasteiger partial charge on any atom is 0.253 e. The van der Waals surface area contributed by atoms with Crippen molar-refractivity contribution >= 4 is 11.6 Å². The highest BCUT2D eigenvalue weighted by molar-refractivity contribution is 5.96. The van der Waals surface area contributed by atoms with E-state index < -0.39 is 0 Å². The number of amides is 1. The molecular formula is C12H14N2O4. The van der Waals surface area contributed by atoms with Gasteiger partial charge in [-0.1, -0.05) is 0 Å². The molecule has 0 aliphatic carbocycles. The number of rotatable bonds is 2. The number of carbonyl (C=O) groups is 1. The minimum atomic E-state index is -0.133. The second-order valence-corrected chi connectivity index (χ2v) is 4.21. The molecule has 1 fully saturated rings. The Balaban J connectivity index is 1.94. The van der Waals surface area contributed by atoms with E-state index in [1.807, 2.05) is 6.07 Å². The summed E-state index contributed by atoms with van der Waals surface area (Å²) in [6.07, 6.45) is 0. The van der Waals surface area contributed by atoms with E-state index in [1.54, 1.807) is 17.0 Å². The van der Waals surface area contributed by atoms with Crippen LogP contribution in [0, 0.1) is 0 Å². The molecule has 1 amide bonds. The van der Waals surface area contributed by atoms with Crippen molar-refractivity contribution in [2.24, 2.45) is 5.73 Å². The number of ether oxygens (including phenoxy) is 3. The Morgan fingerprint density at radius 1 is 1.33 bits per heavy atom. The average molecular weight is 250 g/mol. The molecule has 0 saturated carbocycles. The number of hydrogen-bond acceptors (Lipinski definition) is 5. The lowest BCUT2D eigenvalue weighted by Crippen LogP contribution is -2.53. The third-order valence-electron chi connectivity index (χ3n) is 3.08. The van der Waals surface area contributed by atoms with E-state index in [4.69, 9.17) is 19.9 Å². The number of anilines is 1. The molecule has 2 aliphatic heterocycles. The van der Waals surface area contributed by atoms with Crippen LogP contribution in [0.4, 0.5) is 5.69 Å². The van der Waals surface area contributed by atoms with Gasteiger partial charge in [0, 0.05) is 18.3 Å². The molecule has 1 unspecified atom stereocenters. The normalized spacial score (nSPS) is 22.4. The van der Waals surface area contributed by atoms with E-state index in [-0.39, 0.29) is 25.3 Å². The minimum Gasteiger partial charge on any atom is -0.454 e. The van der Waals surface area contributed by atoms with Crippen LogP contribution in [-0.4, -0.2) is 38.5 Å². The summed E-state index contributed by atoms with van der Waals surface area (Å²) in [6, 6.07) is 5.30. The molecule has 1 aromatic rings. The topological polar surface area (TPSA) is 74.0 Å². The van der Waals surface area contributed by atoms with Crippen molar-refractivity contribution in [2.45, 2.75) is 6.04 Å². The van der Waals surface area contributed by atoms with Crippen molar-refractivity contribution in [1.29, 1.82) is 0 Å². The zero-order valence-corrected chi connectivity index (χ0v) is 9.80. The van der Waals surface area contributed by atoms with Crippen LogP contribution in [0.2, 0.25) is 0 Å². The van der Waals surface area contributed by atoms with Crippen LogP contribution < -0.4 is 20.1 Å². The molecule has 3 rings (SSSR count). The van der Waals surface area contributed by atoms with Gasteiger partial charge in [0.25, 0.3) is 5.91 Å². The molecule has 1 atom stereocenters. The molecule has 6 nitrogen and oxygen atoms in total. The van der Waals surface area contributed by atoms with E-state index in [1.165, 1.54) is 0 Å². The third-order valence-corrected chi connectivity index (χ3v) is 3.08. The maximum absolute atomic E-state index is 11.9. The molecule has 1 aromatic carbocycles. The number of carbonyl (C=O) groups excluding carboxylic acids is 1. The quantitative estimate of drug-likeness (QED) is 0.806. The number of fused-ring (bicyclic) bond motifs is 1. The van der Waals surface area contributed by atoms with E-state index >= 15 is 0 Å². The van der Waals surface area contributed by atoms with Crippen molar-refractivity contribution in [1.82, 2.24) is 0 Å². The average Bonchev–Trinajstić information content (AvgIpc) is 2.85. The second kappa shape index (κ2) is 4.47. The van der Waals surface area contributed by atoms with E-state index in [0.29, 0.717) is 24.7 Å². The summed E-state index contributed by atoms with van der Waals surface area (Å²) in [5, 5.41) is 0. The van der Waals surface area contributed by atoms with Crippen LogP contribution in [0.5, 0.6) is 11.5 Å². The van der Waals surface area contributed by atoms with Crippen molar-refractivity contribution in [3.8, 4) is 11.5 Å². The Bertz CT molecular complexity index is 477. The van der Waals surface area contributed by atoms with Gasteiger partial charge in [0.2, 0.25) is 6.79 Å². The Morgan fingerprint density at radius 3 is 3.00 bits per heavy atom. The van der Waals surface area contributed by atoms with Gasteiger partial charge in [-0.3, -0.25) is 4.79 Å². The number of hydrogen-bond donors (Lipinski definition) is 1. The van der Waals surface area contributed by atoms with Gasteiger partial charge in [-0.25, -0.2) is 0 Å². The van der Waals surface area contributed by atoms with Crippen LogP contribution in [0.15, 0.2) is 18.2 Å². The standard InChI is InChI=1S/C12H14N2O4/c13-4-9-5-16-6-12(15)14(9)8-1-2-10-11(3-8)18-7-17-10/h1-3,9H,4-7,13H2. The molecule has 18 heavy (non-hydrogen) atoms. The number of nitrogens with two attached hydrogens (primary N) is 1. The SMILES string of the molecule is NCC1COCC(=O)N1c1ccc2c(c1)OCO2. The molecule has 6 heteroatoms. The number of nitrogens with zero attached hydrogens (tertiary/aromatic N) is 1. The highest BCUT2D eigenvalue weighted by Gasteiger charge is 2.30. The van der Waals surface area contributed by atoms with Crippen LogP contribution >= 0.6 is 0 Å².